The van der Waals surface area contributed by atoms with Crippen LogP contribution < -0.4 is 37.4 Å². The van der Waals surface area contributed by atoms with Crippen molar-refractivity contribution in [1.82, 2.24) is 21.5 Å². The molecule has 0 amide bonds. The van der Waals surface area contributed by atoms with Crippen LogP contribution >= 0.6 is 0 Å². The quantitative estimate of drug-likeness (QED) is 0.0536. The Morgan fingerprint density at radius 3 is 1.88 bits per heavy atom. The molecule has 0 fully saturated rings. The molecule has 0 radical (unpaired) electrons. The van der Waals surface area contributed by atoms with Crippen LogP contribution in [0.5, 0.6) is 0 Å². The van der Waals surface area contributed by atoms with E-state index < -0.39 is 0 Å². The molecule has 8 nitrogen and oxygen atoms in total. The predicted molar refractivity (Wildman–Crippen MR) is 315 cm³/mol. The summed E-state index contributed by atoms with van der Waals surface area (Å²) in [6.45, 7) is 2.39. The van der Waals surface area contributed by atoms with Gasteiger partial charge in [0.15, 0.2) is 0 Å². The van der Waals surface area contributed by atoms with E-state index in [0.717, 1.165) is 33.8 Å². The molecule has 7 aromatic carbocycles. The minimum absolute atomic E-state index is 0.0917. The van der Waals surface area contributed by atoms with Gasteiger partial charge in [0.05, 0.1) is 30.2 Å². The number of para-hydroxylation sites is 1. The third kappa shape index (κ3) is 12.0. The molecule has 6 unspecified atom stereocenters. The molecule has 0 spiro atoms. The van der Waals surface area contributed by atoms with Crippen molar-refractivity contribution in [3.63, 3.8) is 0 Å². The fraction of sp³-hybridized carbons (Fsp3) is 0.149. The first kappa shape index (κ1) is 50.0. The van der Waals surface area contributed by atoms with Crippen LogP contribution in [0.3, 0.4) is 0 Å². The molecule has 6 atom stereocenters. The highest BCUT2D eigenvalue weighted by atomic mass is 15.4. The van der Waals surface area contributed by atoms with Gasteiger partial charge in [-0.15, -0.1) is 0 Å². The zero-order chi connectivity index (χ0) is 51.2. The minimum Gasteiger partial charge on any atom is -0.378 e. The summed E-state index contributed by atoms with van der Waals surface area (Å²) < 4.78 is 0. The molecule has 5 aliphatic rings. The molecule has 374 valence electrons. The number of nitrogens with two attached hydrogens (primary N) is 1. The molecule has 0 saturated carbocycles. The van der Waals surface area contributed by atoms with Crippen LogP contribution in [0.4, 0.5) is 17.1 Å². The van der Waals surface area contributed by atoms with E-state index in [-0.39, 0.29) is 18.9 Å². The summed E-state index contributed by atoms with van der Waals surface area (Å²) in [5.41, 5.74) is 29.0. The number of rotatable bonds is 12. The van der Waals surface area contributed by atoms with Gasteiger partial charge in [0.2, 0.25) is 0 Å². The van der Waals surface area contributed by atoms with E-state index in [9.17, 15) is 0 Å². The Balaban J connectivity index is 0.000000155. The van der Waals surface area contributed by atoms with Crippen molar-refractivity contribution in [2.24, 2.45) is 10.7 Å². The highest BCUT2D eigenvalue weighted by molar-refractivity contribution is 6.12. The van der Waals surface area contributed by atoms with Crippen LogP contribution in [-0.4, -0.2) is 43.7 Å². The molecule has 3 aliphatic heterocycles. The average molecular weight is 983 g/mol. The van der Waals surface area contributed by atoms with E-state index in [0.29, 0.717) is 30.3 Å². The normalized spacial score (nSPS) is 20.9. The molecule has 0 saturated heterocycles. The van der Waals surface area contributed by atoms with Crippen molar-refractivity contribution in [3.8, 4) is 11.1 Å². The maximum atomic E-state index is 5.85. The van der Waals surface area contributed by atoms with Gasteiger partial charge < -0.3 is 26.7 Å². The van der Waals surface area contributed by atoms with Crippen molar-refractivity contribution in [2.75, 3.05) is 23.9 Å². The standard InChI is InChI=1S/C31H36N6.C30H24N2.C6H6/c1-23-20-30(26-16-10-5-11-17-26)36-31(35-23)28(37-33-2)19-18-27(24-12-6-3-7-13-24)21-29(34-22-32)25-14-8-4-9-15-25;1-2-8-22(9-3-1)32-29-13-7-5-11-24(29)26-19-21(15-17-30(26)32)20-14-16-28-25(18-20)23-10-4-6-12-27(23)31-28;1-2-4-6-5-3-1/h3-17,19-21,23,31,33,35-37H,18,22,32H2,1-2H3;1-19,23-24,27,29,31H;1-6H/b27-21+,28-19-,34-29+;;. The van der Waals surface area contributed by atoms with Gasteiger partial charge in [0, 0.05) is 47.7 Å². The van der Waals surface area contributed by atoms with Crippen LogP contribution in [0.15, 0.2) is 272 Å². The lowest BCUT2D eigenvalue weighted by atomic mass is 9.88. The number of hydrogen-bond acceptors (Lipinski definition) is 8. The maximum absolute atomic E-state index is 5.85. The lowest BCUT2D eigenvalue weighted by Crippen LogP contribution is -2.53. The number of nitrogens with one attached hydrogen (secondary N) is 5. The zero-order valence-corrected chi connectivity index (χ0v) is 42.7. The second-order valence-corrected chi connectivity index (χ2v) is 19.0. The fourth-order valence-corrected chi connectivity index (χ4v) is 10.5. The monoisotopic (exact) mass is 983 g/mol. The van der Waals surface area contributed by atoms with Crippen LogP contribution in [0.2, 0.25) is 0 Å². The number of fused-ring (bicyclic) bond motifs is 6. The molecule has 75 heavy (non-hydrogen) atoms. The number of anilines is 3. The molecule has 7 aromatic rings. The number of hydrogen-bond donors (Lipinski definition) is 6. The molecule has 12 rings (SSSR count). The summed E-state index contributed by atoms with van der Waals surface area (Å²) in [5.74, 6) is 0.802. The van der Waals surface area contributed by atoms with E-state index in [1.165, 1.54) is 44.9 Å². The van der Waals surface area contributed by atoms with E-state index >= 15 is 0 Å². The molecule has 7 N–H and O–H groups in total. The van der Waals surface area contributed by atoms with Gasteiger partial charge in [-0.1, -0.05) is 212 Å². The molecular weight excluding hydrogens is 917 g/mol. The SMILES string of the molecule is C1=CC2Nc3ccc(-c4ccc5c(c4)C4C=CC=CC4N5c4ccccc4)cc3C2C=C1.CNN/C(=C\C/C(=C\C(=N/CN)c1ccccc1)c1ccccc1)C1NC(c2ccccc2)=CC(C)N1.c1ccccc1. The number of allylic oxidation sites excluding steroid dienone is 7. The van der Waals surface area contributed by atoms with E-state index in [4.69, 9.17) is 5.73 Å². The summed E-state index contributed by atoms with van der Waals surface area (Å²) in [6, 6.07) is 68.6. The number of benzene rings is 7. The van der Waals surface area contributed by atoms with Crippen molar-refractivity contribution >= 4 is 34.0 Å². The molecule has 8 heteroatoms. The van der Waals surface area contributed by atoms with Crippen molar-refractivity contribution in [3.05, 3.63) is 294 Å². The average Bonchev–Trinajstić information content (AvgIpc) is 4.02. The third-order valence-electron chi connectivity index (χ3n) is 14.1. The molecule has 3 heterocycles. The summed E-state index contributed by atoms with van der Waals surface area (Å²) in [6.07, 6.45) is 25.1. The smallest absolute Gasteiger partial charge is 0.120 e. The Bertz CT molecular complexity index is 3220. The second kappa shape index (κ2) is 24.5. The van der Waals surface area contributed by atoms with E-state index in [1.54, 1.807) is 0 Å². The topological polar surface area (TPSA) is 102 Å². The molecule has 0 aromatic heterocycles. The van der Waals surface area contributed by atoms with Gasteiger partial charge >= 0.3 is 0 Å². The summed E-state index contributed by atoms with van der Waals surface area (Å²) in [7, 11) is 1.88. The first-order valence-corrected chi connectivity index (χ1v) is 26.1. The van der Waals surface area contributed by atoms with E-state index in [2.05, 4.69) is 238 Å². The predicted octanol–water partition coefficient (Wildman–Crippen LogP) is 13.2. The Hall–Kier alpha value is -8.53. The Morgan fingerprint density at radius 1 is 0.613 bits per heavy atom. The van der Waals surface area contributed by atoms with Gasteiger partial charge in [-0.05, 0) is 106 Å². The summed E-state index contributed by atoms with van der Waals surface area (Å²) >= 11 is 0. The van der Waals surface area contributed by atoms with Crippen LogP contribution in [0.25, 0.3) is 22.4 Å². The number of aliphatic imine (C=N–C) groups is 1. The Morgan fingerprint density at radius 2 is 1.20 bits per heavy atom. The van der Waals surface area contributed by atoms with Gasteiger partial charge in [-0.2, -0.15) is 0 Å². The lowest BCUT2D eigenvalue weighted by Gasteiger charge is -2.33. The number of nitrogens with zero attached hydrogens (tertiary/aromatic N) is 2. The molecular formula is C67H66N8. The van der Waals surface area contributed by atoms with Gasteiger partial charge in [-0.25, -0.2) is 5.43 Å². The first-order chi connectivity index (χ1) is 37.0. The van der Waals surface area contributed by atoms with Crippen LogP contribution in [0.1, 0.15) is 53.0 Å². The Kier molecular flexibility index (Phi) is 16.3. The maximum Gasteiger partial charge on any atom is 0.120 e. The third-order valence-corrected chi connectivity index (χ3v) is 14.1. The van der Waals surface area contributed by atoms with Crippen LogP contribution in [-0.2, 0) is 0 Å². The van der Waals surface area contributed by atoms with Crippen molar-refractivity contribution < 1.29 is 0 Å². The Labute approximate surface area is 443 Å². The first-order valence-electron chi connectivity index (χ1n) is 26.1. The second-order valence-electron chi connectivity index (χ2n) is 19.0. The number of hydrazine groups is 1. The van der Waals surface area contributed by atoms with E-state index in [1.807, 2.05) is 73.8 Å². The summed E-state index contributed by atoms with van der Waals surface area (Å²) in [4.78, 5) is 7.09. The largest absolute Gasteiger partial charge is 0.378 e. The van der Waals surface area contributed by atoms with Crippen LogP contribution in [0, 0.1) is 0 Å². The fourth-order valence-electron chi connectivity index (χ4n) is 10.5. The van der Waals surface area contributed by atoms with Gasteiger partial charge in [0.1, 0.15) is 6.17 Å². The van der Waals surface area contributed by atoms with Gasteiger partial charge in [-0.3, -0.25) is 10.3 Å². The summed E-state index contributed by atoms with van der Waals surface area (Å²) in [5, 5.41) is 10.9. The van der Waals surface area contributed by atoms with Gasteiger partial charge in [0.25, 0.3) is 0 Å². The zero-order valence-electron chi connectivity index (χ0n) is 42.7. The minimum atomic E-state index is -0.0917. The highest BCUT2D eigenvalue weighted by Crippen LogP contribution is 2.49. The molecule has 0 bridgehead atoms. The lowest BCUT2D eigenvalue weighted by molar-refractivity contribution is 0.448. The van der Waals surface area contributed by atoms with Crippen molar-refractivity contribution in [1.29, 1.82) is 0 Å². The molecule has 2 aliphatic carbocycles. The highest BCUT2D eigenvalue weighted by Gasteiger charge is 2.38. The van der Waals surface area contributed by atoms with Crippen molar-refractivity contribution in [2.45, 2.75) is 49.5 Å².